The number of halogens is 2. The summed E-state index contributed by atoms with van der Waals surface area (Å²) in [7, 11) is 0. The summed E-state index contributed by atoms with van der Waals surface area (Å²) in [5, 5.41) is 5.76. The molecule has 0 saturated heterocycles. The van der Waals surface area contributed by atoms with Crippen molar-refractivity contribution < 1.29 is 0 Å². The Morgan fingerprint density at radius 1 is 1.14 bits per heavy atom. The van der Waals surface area contributed by atoms with Crippen LogP contribution >= 0.6 is 27.5 Å². The fourth-order valence-corrected chi connectivity index (χ4v) is 2.94. The molecule has 22 heavy (non-hydrogen) atoms. The maximum Gasteiger partial charge on any atom is 0.348 e. The van der Waals surface area contributed by atoms with Gasteiger partial charge in [0, 0.05) is 20.4 Å². The molecule has 0 fully saturated rings. The van der Waals surface area contributed by atoms with Gasteiger partial charge in [-0.2, -0.15) is 4.52 Å². The summed E-state index contributed by atoms with van der Waals surface area (Å²) in [6, 6.07) is 12.8. The first-order valence-electron chi connectivity index (χ1n) is 6.47. The molecule has 108 valence electrons. The minimum atomic E-state index is -0.331. The van der Waals surface area contributed by atoms with Gasteiger partial charge in [0.2, 0.25) is 0 Å². The Morgan fingerprint density at radius 3 is 2.68 bits per heavy atom. The number of aromatic amines is 1. The van der Waals surface area contributed by atoms with Crippen molar-refractivity contribution in [1.29, 1.82) is 0 Å². The lowest BCUT2D eigenvalue weighted by Crippen LogP contribution is -2.17. The molecule has 0 spiro atoms. The van der Waals surface area contributed by atoms with E-state index in [0.717, 1.165) is 15.4 Å². The summed E-state index contributed by atoms with van der Waals surface area (Å²) in [6.07, 6.45) is 0. The van der Waals surface area contributed by atoms with E-state index in [1.807, 2.05) is 30.3 Å². The fraction of sp³-hybridized carbons (Fsp3) is 0. The molecule has 2 heterocycles. The summed E-state index contributed by atoms with van der Waals surface area (Å²) in [6.45, 7) is 0. The van der Waals surface area contributed by atoms with E-state index in [9.17, 15) is 4.79 Å². The zero-order valence-electron chi connectivity index (χ0n) is 11.0. The van der Waals surface area contributed by atoms with Gasteiger partial charge in [-0.05, 0) is 52.3 Å². The molecule has 2 aromatic carbocycles. The fourth-order valence-electron chi connectivity index (χ4n) is 2.35. The Bertz CT molecular complexity index is 1070. The van der Waals surface area contributed by atoms with Crippen molar-refractivity contribution >= 4 is 44.1 Å². The van der Waals surface area contributed by atoms with Crippen molar-refractivity contribution in [3.8, 4) is 11.4 Å². The Kier molecular flexibility index (Phi) is 3.02. The van der Waals surface area contributed by atoms with Gasteiger partial charge in [-0.15, -0.1) is 5.10 Å². The van der Waals surface area contributed by atoms with Crippen LogP contribution in [0, 0.1) is 0 Å². The molecule has 4 aromatic rings. The smallest absolute Gasteiger partial charge is 0.304 e. The van der Waals surface area contributed by atoms with E-state index in [1.54, 1.807) is 12.1 Å². The highest BCUT2D eigenvalue weighted by Gasteiger charge is 2.13. The van der Waals surface area contributed by atoms with Gasteiger partial charge in [0.05, 0.1) is 5.52 Å². The quantitative estimate of drug-likeness (QED) is 0.552. The molecule has 0 saturated carbocycles. The molecule has 0 aliphatic heterocycles. The van der Waals surface area contributed by atoms with Gasteiger partial charge in [0.15, 0.2) is 11.5 Å². The van der Waals surface area contributed by atoms with Crippen molar-refractivity contribution in [2.24, 2.45) is 0 Å². The average molecular weight is 376 g/mol. The van der Waals surface area contributed by atoms with Crippen LogP contribution in [0.25, 0.3) is 27.9 Å². The third kappa shape index (κ3) is 2.03. The molecule has 1 N–H and O–H groups in total. The Hall–Kier alpha value is -2.18. The average Bonchev–Trinajstić information content (AvgIpc) is 2.95. The predicted molar refractivity (Wildman–Crippen MR) is 89.3 cm³/mol. The lowest BCUT2D eigenvalue weighted by atomic mass is 10.2. The van der Waals surface area contributed by atoms with Crippen LogP contribution in [0.2, 0.25) is 5.02 Å². The highest BCUT2D eigenvalue weighted by atomic mass is 79.9. The van der Waals surface area contributed by atoms with E-state index in [1.165, 1.54) is 4.52 Å². The lowest BCUT2D eigenvalue weighted by molar-refractivity contribution is 0.884. The number of benzene rings is 2. The van der Waals surface area contributed by atoms with E-state index >= 15 is 0 Å². The second-order valence-electron chi connectivity index (χ2n) is 4.77. The molecule has 0 bridgehead atoms. The summed E-state index contributed by atoms with van der Waals surface area (Å²) in [5.74, 6) is 0.481. The summed E-state index contributed by atoms with van der Waals surface area (Å²) < 4.78 is 2.08. The number of nitrogens with zero attached hydrogens (tertiary/aromatic N) is 3. The van der Waals surface area contributed by atoms with Gasteiger partial charge in [-0.1, -0.05) is 17.7 Å². The molecule has 5 nitrogen and oxygen atoms in total. The number of rotatable bonds is 1. The Balaban J connectivity index is 2.07. The molecule has 0 atom stereocenters. The number of fused-ring (bicyclic) bond motifs is 3. The molecule has 0 aliphatic carbocycles. The SMILES string of the molecule is O=c1[nH]c2c(Br)cccc2c2nc(-c3ccc(Cl)cc3)nn12. The van der Waals surface area contributed by atoms with Gasteiger partial charge in [-0.25, -0.2) is 9.78 Å². The maximum absolute atomic E-state index is 12.2. The van der Waals surface area contributed by atoms with Crippen LogP contribution in [0.15, 0.2) is 51.7 Å². The lowest BCUT2D eigenvalue weighted by Gasteiger charge is -2.00. The molecule has 0 radical (unpaired) electrons. The van der Waals surface area contributed by atoms with Crippen LogP contribution in [0.5, 0.6) is 0 Å². The molecule has 7 heteroatoms. The molecule has 0 amide bonds. The van der Waals surface area contributed by atoms with Crippen LogP contribution in [0.4, 0.5) is 0 Å². The molecule has 0 unspecified atom stereocenters. The zero-order valence-corrected chi connectivity index (χ0v) is 13.4. The first-order chi connectivity index (χ1) is 10.6. The minimum absolute atomic E-state index is 0.331. The van der Waals surface area contributed by atoms with Crippen molar-refractivity contribution in [1.82, 2.24) is 19.6 Å². The highest BCUT2D eigenvalue weighted by Crippen LogP contribution is 2.25. The zero-order chi connectivity index (χ0) is 15.3. The van der Waals surface area contributed by atoms with E-state index in [-0.39, 0.29) is 5.69 Å². The highest BCUT2D eigenvalue weighted by molar-refractivity contribution is 9.10. The standard InChI is InChI=1S/C15H8BrClN4O/c16-11-3-1-2-10-12(11)18-15(22)21-14(10)19-13(20-21)8-4-6-9(17)7-5-8/h1-7H,(H,18,22). The summed E-state index contributed by atoms with van der Waals surface area (Å²) in [5.41, 5.74) is 1.69. The Morgan fingerprint density at radius 2 is 1.91 bits per heavy atom. The van der Waals surface area contributed by atoms with Crippen LogP contribution in [0.3, 0.4) is 0 Å². The topological polar surface area (TPSA) is 63.0 Å². The number of hydrogen-bond acceptors (Lipinski definition) is 3. The van der Waals surface area contributed by atoms with Crippen LogP contribution < -0.4 is 5.69 Å². The molecule has 0 aliphatic rings. The van der Waals surface area contributed by atoms with Crippen molar-refractivity contribution in [2.75, 3.05) is 0 Å². The molecule has 2 aromatic heterocycles. The second kappa shape index (κ2) is 4.93. The number of nitrogens with one attached hydrogen (secondary N) is 1. The van der Waals surface area contributed by atoms with Crippen LogP contribution in [-0.4, -0.2) is 19.6 Å². The predicted octanol–water partition coefficient (Wildman–Crippen LogP) is 3.65. The summed E-state index contributed by atoms with van der Waals surface area (Å²) in [4.78, 5) is 19.5. The first kappa shape index (κ1) is 13.5. The van der Waals surface area contributed by atoms with E-state index in [0.29, 0.717) is 22.0 Å². The molecular weight excluding hydrogens is 368 g/mol. The van der Waals surface area contributed by atoms with Crippen molar-refractivity contribution in [3.05, 3.63) is 62.4 Å². The molecule has 4 rings (SSSR count). The van der Waals surface area contributed by atoms with Gasteiger partial charge >= 0.3 is 5.69 Å². The second-order valence-corrected chi connectivity index (χ2v) is 6.06. The molecular formula is C15H8BrClN4O. The minimum Gasteiger partial charge on any atom is -0.304 e. The number of hydrogen-bond donors (Lipinski definition) is 1. The first-order valence-corrected chi connectivity index (χ1v) is 7.64. The normalized spacial score (nSPS) is 11.4. The number of para-hydroxylation sites is 1. The monoisotopic (exact) mass is 374 g/mol. The largest absolute Gasteiger partial charge is 0.348 e. The van der Waals surface area contributed by atoms with Gasteiger partial charge in [0.25, 0.3) is 0 Å². The van der Waals surface area contributed by atoms with Crippen LogP contribution in [0.1, 0.15) is 0 Å². The van der Waals surface area contributed by atoms with Crippen molar-refractivity contribution in [2.45, 2.75) is 0 Å². The maximum atomic E-state index is 12.2. The third-order valence-corrected chi connectivity index (χ3v) is 4.30. The Labute approximate surface area is 137 Å². The third-order valence-electron chi connectivity index (χ3n) is 3.39. The van der Waals surface area contributed by atoms with E-state index in [4.69, 9.17) is 11.6 Å². The van der Waals surface area contributed by atoms with E-state index < -0.39 is 0 Å². The number of aromatic nitrogens is 4. The van der Waals surface area contributed by atoms with Crippen LogP contribution in [-0.2, 0) is 0 Å². The van der Waals surface area contributed by atoms with Gasteiger partial charge < -0.3 is 4.98 Å². The van der Waals surface area contributed by atoms with Gasteiger partial charge in [0.1, 0.15) is 0 Å². The van der Waals surface area contributed by atoms with E-state index in [2.05, 4.69) is 31.0 Å². The summed E-state index contributed by atoms with van der Waals surface area (Å²) >= 11 is 9.33. The van der Waals surface area contributed by atoms with Crippen molar-refractivity contribution in [3.63, 3.8) is 0 Å². The van der Waals surface area contributed by atoms with Gasteiger partial charge in [-0.3, -0.25) is 0 Å². The number of H-pyrrole nitrogens is 1.